The van der Waals surface area contributed by atoms with Crippen LogP contribution in [0.3, 0.4) is 0 Å². The Morgan fingerprint density at radius 1 is 1.00 bits per heavy atom. The van der Waals surface area contributed by atoms with Crippen LogP contribution in [0.5, 0.6) is 0 Å². The molecular formula is C15H19N. The molecule has 0 amide bonds. The molecule has 0 unspecified atom stereocenters. The van der Waals surface area contributed by atoms with Crippen LogP contribution in [0.4, 0.5) is 0 Å². The van der Waals surface area contributed by atoms with Crippen molar-refractivity contribution in [2.24, 2.45) is 5.92 Å². The van der Waals surface area contributed by atoms with E-state index in [1.165, 1.54) is 16.3 Å². The topological polar surface area (TPSA) is 12.0 Å². The van der Waals surface area contributed by atoms with Crippen LogP contribution in [0.25, 0.3) is 10.8 Å². The first-order valence-electron chi connectivity index (χ1n) is 5.94. The van der Waals surface area contributed by atoms with Crippen molar-refractivity contribution in [3.63, 3.8) is 0 Å². The molecule has 1 N–H and O–H groups in total. The highest BCUT2D eigenvalue weighted by atomic mass is 14.8. The molecule has 16 heavy (non-hydrogen) atoms. The zero-order chi connectivity index (χ0) is 11.4. The third-order valence-corrected chi connectivity index (χ3v) is 2.75. The molecule has 1 nitrogen and oxygen atoms in total. The Bertz CT molecular complexity index is 454. The molecule has 0 atom stereocenters. The number of fused-ring (bicyclic) bond motifs is 1. The van der Waals surface area contributed by atoms with E-state index >= 15 is 0 Å². The summed E-state index contributed by atoms with van der Waals surface area (Å²) in [6.45, 7) is 6.49. The number of hydrogen-bond donors (Lipinski definition) is 1. The first-order chi connectivity index (χ1) is 7.77. The lowest BCUT2D eigenvalue weighted by Crippen LogP contribution is -2.19. The minimum absolute atomic E-state index is 0.704. The van der Waals surface area contributed by atoms with E-state index in [-0.39, 0.29) is 0 Å². The zero-order valence-corrected chi connectivity index (χ0v) is 10.0. The predicted octanol–water partition coefficient (Wildman–Crippen LogP) is 3.59. The molecule has 0 saturated heterocycles. The maximum Gasteiger partial charge on any atom is 0.0211 e. The third-order valence-electron chi connectivity index (χ3n) is 2.75. The van der Waals surface area contributed by atoms with Gasteiger partial charge in [0.2, 0.25) is 0 Å². The zero-order valence-electron chi connectivity index (χ0n) is 10.0. The van der Waals surface area contributed by atoms with E-state index in [0.717, 1.165) is 13.1 Å². The Balaban J connectivity index is 2.17. The molecule has 0 heterocycles. The predicted molar refractivity (Wildman–Crippen MR) is 70.5 cm³/mol. The average Bonchev–Trinajstić information content (AvgIpc) is 2.29. The lowest BCUT2D eigenvalue weighted by Gasteiger charge is -2.09. The second-order valence-electron chi connectivity index (χ2n) is 4.66. The molecule has 0 aliphatic rings. The Hall–Kier alpha value is -1.34. The normalized spacial score (nSPS) is 11.2. The van der Waals surface area contributed by atoms with E-state index in [4.69, 9.17) is 0 Å². The fourth-order valence-corrected chi connectivity index (χ4v) is 1.94. The lowest BCUT2D eigenvalue weighted by atomic mass is 10.0. The first-order valence-corrected chi connectivity index (χ1v) is 5.94. The summed E-state index contributed by atoms with van der Waals surface area (Å²) in [4.78, 5) is 0. The van der Waals surface area contributed by atoms with Gasteiger partial charge in [0.15, 0.2) is 0 Å². The summed E-state index contributed by atoms with van der Waals surface area (Å²) in [5.74, 6) is 0.704. The highest BCUT2D eigenvalue weighted by Crippen LogP contribution is 2.18. The Labute approximate surface area is 97.5 Å². The first kappa shape index (κ1) is 11.2. The van der Waals surface area contributed by atoms with Crippen molar-refractivity contribution in [3.05, 3.63) is 48.0 Å². The summed E-state index contributed by atoms with van der Waals surface area (Å²) >= 11 is 0. The van der Waals surface area contributed by atoms with Crippen LogP contribution in [0, 0.1) is 5.92 Å². The number of benzene rings is 2. The maximum absolute atomic E-state index is 3.49. The van der Waals surface area contributed by atoms with Crippen LogP contribution in [0.2, 0.25) is 0 Å². The van der Waals surface area contributed by atoms with Gasteiger partial charge in [0.1, 0.15) is 0 Å². The van der Waals surface area contributed by atoms with Crippen molar-refractivity contribution in [1.29, 1.82) is 0 Å². The van der Waals surface area contributed by atoms with Crippen molar-refractivity contribution in [2.45, 2.75) is 20.4 Å². The lowest BCUT2D eigenvalue weighted by molar-refractivity contribution is 0.553. The molecule has 2 aromatic rings. The van der Waals surface area contributed by atoms with Gasteiger partial charge in [-0.2, -0.15) is 0 Å². The Morgan fingerprint density at radius 2 is 1.75 bits per heavy atom. The van der Waals surface area contributed by atoms with Crippen LogP contribution in [-0.4, -0.2) is 6.54 Å². The number of hydrogen-bond acceptors (Lipinski definition) is 1. The van der Waals surface area contributed by atoms with Gasteiger partial charge in [-0.15, -0.1) is 0 Å². The van der Waals surface area contributed by atoms with E-state index < -0.39 is 0 Å². The second-order valence-corrected chi connectivity index (χ2v) is 4.66. The van der Waals surface area contributed by atoms with Gasteiger partial charge in [-0.05, 0) is 28.8 Å². The van der Waals surface area contributed by atoms with E-state index in [2.05, 4.69) is 61.6 Å². The molecule has 0 radical (unpaired) electrons. The summed E-state index contributed by atoms with van der Waals surface area (Å²) in [5, 5.41) is 6.18. The summed E-state index contributed by atoms with van der Waals surface area (Å²) in [5.41, 5.74) is 1.39. The van der Waals surface area contributed by atoms with E-state index in [1.54, 1.807) is 0 Å². The Kier molecular flexibility index (Phi) is 3.58. The van der Waals surface area contributed by atoms with Crippen LogP contribution in [0.1, 0.15) is 19.4 Å². The second kappa shape index (κ2) is 5.13. The molecule has 0 spiro atoms. The van der Waals surface area contributed by atoms with Crippen molar-refractivity contribution < 1.29 is 0 Å². The average molecular weight is 213 g/mol. The number of nitrogens with one attached hydrogen (secondary N) is 1. The summed E-state index contributed by atoms with van der Waals surface area (Å²) < 4.78 is 0. The van der Waals surface area contributed by atoms with Gasteiger partial charge in [-0.3, -0.25) is 0 Å². The van der Waals surface area contributed by atoms with Gasteiger partial charge in [0.05, 0.1) is 0 Å². The van der Waals surface area contributed by atoms with E-state index in [0.29, 0.717) is 5.92 Å². The molecule has 0 aromatic heterocycles. The van der Waals surface area contributed by atoms with Crippen LogP contribution in [0.15, 0.2) is 42.5 Å². The molecule has 2 rings (SSSR count). The van der Waals surface area contributed by atoms with Gasteiger partial charge < -0.3 is 5.32 Å². The fraction of sp³-hybridized carbons (Fsp3) is 0.333. The quantitative estimate of drug-likeness (QED) is 0.818. The molecule has 0 aliphatic carbocycles. The maximum atomic E-state index is 3.49. The van der Waals surface area contributed by atoms with E-state index in [1.807, 2.05) is 0 Å². The Morgan fingerprint density at radius 3 is 2.56 bits per heavy atom. The van der Waals surface area contributed by atoms with Crippen LogP contribution < -0.4 is 5.32 Å². The van der Waals surface area contributed by atoms with Gasteiger partial charge in [-0.1, -0.05) is 56.3 Å². The third kappa shape index (κ3) is 2.61. The molecule has 1 heteroatoms. The summed E-state index contributed by atoms with van der Waals surface area (Å²) in [6.07, 6.45) is 0. The smallest absolute Gasteiger partial charge is 0.0211 e. The highest BCUT2D eigenvalue weighted by Gasteiger charge is 2.00. The SMILES string of the molecule is CC(C)CNCc1cccc2ccccc12. The molecule has 0 saturated carbocycles. The van der Waals surface area contributed by atoms with Gasteiger partial charge >= 0.3 is 0 Å². The van der Waals surface area contributed by atoms with Crippen molar-refractivity contribution in [3.8, 4) is 0 Å². The van der Waals surface area contributed by atoms with Crippen molar-refractivity contribution >= 4 is 10.8 Å². The van der Waals surface area contributed by atoms with Crippen LogP contribution in [-0.2, 0) is 6.54 Å². The summed E-state index contributed by atoms with van der Waals surface area (Å²) in [7, 11) is 0. The standard InChI is InChI=1S/C15H19N/c1-12(2)10-16-11-14-8-5-7-13-6-3-4-9-15(13)14/h3-9,12,16H,10-11H2,1-2H3. The molecule has 0 bridgehead atoms. The number of rotatable bonds is 4. The molecule has 0 fully saturated rings. The minimum atomic E-state index is 0.704. The van der Waals surface area contributed by atoms with Crippen molar-refractivity contribution in [1.82, 2.24) is 5.32 Å². The molecule has 2 aromatic carbocycles. The molecular weight excluding hydrogens is 194 g/mol. The van der Waals surface area contributed by atoms with Crippen LogP contribution >= 0.6 is 0 Å². The minimum Gasteiger partial charge on any atom is -0.312 e. The monoisotopic (exact) mass is 213 g/mol. The largest absolute Gasteiger partial charge is 0.312 e. The van der Waals surface area contributed by atoms with Gasteiger partial charge in [-0.25, -0.2) is 0 Å². The summed E-state index contributed by atoms with van der Waals surface area (Å²) in [6, 6.07) is 15.1. The van der Waals surface area contributed by atoms with E-state index in [9.17, 15) is 0 Å². The van der Waals surface area contributed by atoms with Gasteiger partial charge in [0.25, 0.3) is 0 Å². The van der Waals surface area contributed by atoms with Crippen molar-refractivity contribution in [2.75, 3.05) is 6.54 Å². The molecule has 0 aliphatic heterocycles. The highest BCUT2D eigenvalue weighted by molar-refractivity contribution is 5.85. The fourth-order valence-electron chi connectivity index (χ4n) is 1.94. The van der Waals surface area contributed by atoms with Gasteiger partial charge in [0, 0.05) is 6.54 Å². The molecule has 84 valence electrons.